The molecular weight excluding hydrogens is 538 g/mol. The Balaban J connectivity index is 1.33. The minimum Gasteiger partial charge on any atom is -0.495 e. The van der Waals surface area contributed by atoms with Crippen LogP contribution in [0.1, 0.15) is 37.3 Å². The largest absolute Gasteiger partial charge is 0.495 e. The third-order valence-corrected chi connectivity index (χ3v) is 8.19. The summed E-state index contributed by atoms with van der Waals surface area (Å²) in [6, 6.07) is 23.7. The summed E-state index contributed by atoms with van der Waals surface area (Å²) in [7, 11) is 1.55. The van der Waals surface area contributed by atoms with Crippen molar-refractivity contribution in [3.8, 4) is 5.75 Å². The lowest BCUT2D eigenvalue weighted by Gasteiger charge is -2.32. The number of ether oxygens (including phenoxy) is 1. The maximum absolute atomic E-state index is 13.4. The summed E-state index contributed by atoms with van der Waals surface area (Å²) in [5.74, 6) is 0.380. The van der Waals surface area contributed by atoms with Crippen LogP contribution in [0.2, 0.25) is 0 Å². The molecule has 0 aliphatic carbocycles. The molecule has 9 nitrogen and oxygen atoms in total. The number of para-hydroxylation sites is 3. The Morgan fingerprint density at radius 3 is 2.51 bits per heavy atom. The average Bonchev–Trinajstić information content (AvgIpc) is 3.34. The highest BCUT2D eigenvalue weighted by Crippen LogP contribution is 2.37. The molecule has 2 heterocycles. The second kappa shape index (κ2) is 12.8. The highest BCUT2D eigenvalue weighted by Gasteiger charge is 2.42. The van der Waals surface area contributed by atoms with Crippen molar-refractivity contribution in [3.63, 3.8) is 0 Å². The van der Waals surface area contributed by atoms with Gasteiger partial charge < -0.3 is 15.4 Å². The number of nitrogens with one attached hydrogen (secondary N) is 2. The molecule has 0 spiro atoms. The molecule has 5 rings (SSSR count). The van der Waals surface area contributed by atoms with E-state index in [1.807, 2.05) is 73.7 Å². The van der Waals surface area contributed by atoms with Crippen LogP contribution in [0, 0.1) is 0 Å². The number of benzene rings is 3. The Labute approximate surface area is 243 Å². The zero-order chi connectivity index (χ0) is 28.8. The van der Waals surface area contributed by atoms with E-state index < -0.39 is 11.3 Å². The first kappa shape index (κ1) is 28.1. The van der Waals surface area contributed by atoms with Gasteiger partial charge in [-0.25, -0.2) is 4.99 Å². The Kier molecular flexibility index (Phi) is 8.79. The van der Waals surface area contributed by atoms with Crippen molar-refractivity contribution >= 4 is 51.9 Å². The molecule has 10 heteroatoms. The molecule has 3 amide bonds. The SMILES string of the molecule is CCC(SC1=Nc2ccccc2C2=NC(=O)C(CCC(=O)NCc3ccccc3)N12)C(=O)Nc1ccccc1OC. The van der Waals surface area contributed by atoms with E-state index in [4.69, 9.17) is 9.73 Å². The summed E-state index contributed by atoms with van der Waals surface area (Å²) in [4.78, 5) is 50.2. The fourth-order valence-electron chi connectivity index (χ4n) is 4.72. The number of hydrogen-bond donors (Lipinski definition) is 2. The van der Waals surface area contributed by atoms with Gasteiger partial charge in [0.2, 0.25) is 11.8 Å². The number of anilines is 1. The fourth-order valence-corrected chi connectivity index (χ4v) is 5.79. The quantitative estimate of drug-likeness (QED) is 0.359. The van der Waals surface area contributed by atoms with E-state index in [-0.39, 0.29) is 30.6 Å². The average molecular weight is 570 g/mol. The van der Waals surface area contributed by atoms with Gasteiger partial charge in [0.05, 0.1) is 23.7 Å². The first-order chi connectivity index (χ1) is 20.0. The number of rotatable bonds is 10. The van der Waals surface area contributed by atoms with Crippen molar-refractivity contribution < 1.29 is 19.1 Å². The van der Waals surface area contributed by atoms with Gasteiger partial charge in [0.1, 0.15) is 17.6 Å². The van der Waals surface area contributed by atoms with E-state index in [1.165, 1.54) is 11.8 Å². The number of carbonyl (C=O) groups is 3. The molecule has 0 bridgehead atoms. The van der Waals surface area contributed by atoms with Crippen molar-refractivity contribution in [2.45, 2.75) is 44.0 Å². The van der Waals surface area contributed by atoms with Crippen LogP contribution in [0.3, 0.4) is 0 Å². The summed E-state index contributed by atoms with van der Waals surface area (Å²) < 4.78 is 5.38. The highest BCUT2D eigenvalue weighted by atomic mass is 32.2. The Hall–Kier alpha value is -4.44. The minimum atomic E-state index is -0.693. The number of amides is 3. The molecule has 0 aromatic heterocycles. The van der Waals surface area contributed by atoms with Gasteiger partial charge in [-0.15, -0.1) is 0 Å². The van der Waals surface area contributed by atoms with E-state index in [9.17, 15) is 14.4 Å². The number of hydrogen-bond acceptors (Lipinski definition) is 7. The molecule has 0 saturated carbocycles. The van der Waals surface area contributed by atoms with Gasteiger partial charge in [-0.2, -0.15) is 4.99 Å². The van der Waals surface area contributed by atoms with Gasteiger partial charge in [0, 0.05) is 18.5 Å². The maximum atomic E-state index is 13.4. The smallest absolute Gasteiger partial charge is 0.270 e. The molecule has 2 aliphatic rings. The molecule has 41 heavy (non-hydrogen) atoms. The van der Waals surface area contributed by atoms with Crippen molar-refractivity contribution in [1.29, 1.82) is 0 Å². The van der Waals surface area contributed by atoms with Crippen LogP contribution < -0.4 is 15.4 Å². The van der Waals surface area contributed by atoms with Crippen molar-refractivity contribution in [2.75, 3.05) is 12.4 Å². The number of fused-ring (bicyclic) bond motifs is 3. The van der Waals surface area contributed by atoms with Crippen LogP contribution in [0.4, 0.5) is 11.4 Å². The van der Waals surface area contributed by atoms with Crippen LogP contribution in [0.15, 0.2) is 88.8 Å². The van der Waals surface area contributed by atoms with Crippen LogP contribution in [0.25, 0.3) is 0 Å². The molecule has 2 N–H and O–H groups in total. The molecule has 210 valence electrons. The van der Waals surface area contributed by atoms with Gasteiger partial charge >= 0.3 is 0 Å². The third kappa shape index (κ3) is 6.33. The topological polar surface area (TPSA) is 112 Å². The van der Waals surface area contributed by atoms with E-state index in [0.717, 1.165) is 11.1 Å². The van der Waals surface area contributed by atoms with Gasteiger partial charge in [0.15, 0.2) is 5.17 Å². The number of nitrogens with zero attached hydrogens (tertiary/aromatic N) is 3. The summed E-state index contributed by atoms with van der Waals surface area (Å²) in [6.07, 6.45) is 0.930. The zero-order valence-electron chi connectivity index (χ0n) is 22.9. The van der Waals surface area contributed by atoms with Crippen LogP contribution in [-0.2, 0) is 20.9 Å². The van der Waals surface area contributed by atoms with Crippen LogP contribution in [-0.4, -0.2) is 52.0 Å². The van der Waals surface area contributed by atoms with Gasteiger partial charge in [0.25, 0.3) is 5.91 Å². The maximum Gasteiger partial charge on any atom is 0.270 e. The normalized spacial score (nSPS) is 16.2. The lowest BCUT2D eigenvalue weighted by atomic mass is 10.1. The Morgan fingerprint density at radius 2 is 1.73 bits per heavy atom. The molecule has 0 fully saturated rings. The standard InChI is InChI=1S/C31H31N5O4S/c1-3-26(30(39)33-23-15-9-10-16-25(23)40-2)41-31-34-22-14-8-7-13-21(22)28-35-29(38)24(36(28)31)17-18-27(37)32-19-20-11-5-4-6-12-20/h4-16,24,26H,3,17-19H2,1-2H3,(H,32,37)(H,33,39). The van der Waals surface area contributed by atoms with Gasteiger partial charge in [-0.05, 0) is 42.7 Å². The monoisotopic (exact) mass is 569 g/mol. The molecule has 3 aromatic rings. The minimum absolute atomic E-state index is 0.146. The number of amidine groups is 2. The second-order valence-corrected chi connectivity index (χ2v) is 10.7. The van der Waals surface area contributed by atoms with E-state index >= 15 is 0 Å². The van der Waals surface area contributed by atoms with Crippen LogP contribution in [0.5, 0.6) is 5.75 Å². The van der Waals surface area contributed by atoms with Crippen molar-refractivity contribution in [2.24, 2.45) is 9.98 Å². The molecule has 3 aromatic carbocycles. The van der Waals surface area contributed by atoms with Crippen molar-refractivity contribution in [3.05, 3.63) is 90.0 Å². The van der Waals surface area contributed by atoms with E-state index in [0.29, 0.717) is 41.1 Å². The fraction of sp³-hybridized carbons (Fsp3) is 0.258. The predicted octanol–water partition coefficient (Wildman–Crippen LogP) is 4.90. The summed E-state index contributed by atoms with van der Waals surface area (Å²) in [5.41, 5.74) is 3.00. The molecule has 2 unspecified atom stereocenters. The van der Waals surface area contributed by atoms with Gasteiger partial charge in [-0.3, -0.25) is 19.3 Å². The molecule has 2 atom stereocenters. The van der Waals surface area contributed by atoms with Gasteiger partial charge in [-0.1, -0.05) is 73.3 Å². The summed E-state index contributed by atoms with van der Waals surface area (Å²) >= 11 is 1.28. The second-order valence-electron chi connectivity index (χ2n) is 9.58. The van der Waals surface area contributed by atoms with Crippen molar-refractivity contribution in [1.82, 2.24) is 10.2 Å². The molecule has 0 radical (unpaired) electrons. The van der Waals surface area contributed by atoms with E-state index in [1.54, 1.807) is 24.1 Å². The number of thioether (sulfide) groups is 1. The summed E-state index contributed by atoms with van der Waals surface area (Å²) in [6.45, 7) is 2.34. The molecule has 2 aliphatic heterocycles. The number of aliphatic imine (C=N–C) groups is 2. The highest BCUT2D eigenvalue weighted by molar-refractivity contribution is 8.15. The zero-order valence-corrected chi connectivity index (χ0v) is 23.7. The summed E-state index contributed by atoms with van der Waals surface area (Å²) in [5, 5.41) is 5.88. The predicted molar refractivity (Wildman–Crippen MR) is 162 cm³/mol. The number of carbonyl (C=O) groups excluding carboxylic acids is 3. The third-order valence-electron chi connectivity index (χ3n) is 6.86. The number of methoxy groups -OCH3 is 1. The lowest BCUT2D eigenvalue weighted by molar-refractivity contribution is -0.122. The Bertz CT molecular complexity index is 1510. The first-order valence-corrected chi connectivity index (χ1v) is 14.4. The lowest BCUT2D eigenvalue weighted by Crippen LogP contribution is -2.45. The molecular formula is C31H31N5O4S. The van der Waals surface area contributed by atoms with Crippen LogP contribution >= 0.6 is 11.8 Å². The Morgan fingerprint density at radius 1 is 1.00 bits per heavy atom. The first-order valence-electron chi connectivity index (χ1n) is 13.5. The molecule has 0 saturated heterocycles. The van der Waals surface area contributed by atoms with E-state index in [2.05, 4.69) is 15.6 Å².